The minimum Gasteiger partial charge on any atom is -0.341 e. The van der Waals surface area contributed by atoms with Gasteiger partial charge in [-0.1, -0.05) is 24.3 Å². The summed E-state index contributed by atoms with van der Waals surface area (Å²) < 4.78 is 15.9. The van der Waals surface area contributed by atoms with Crippen molar-refractivity contribution in [3.8, 4) is 0 Å². The number of carbonyl (C=O) groups excluding carboxylic acids is 1. The molecule has 146 valence electrons. The van der Waals surface area contributed by atoms with Gasteiger partial charge in [-0.3, -0.25) is 9.69 Å². The standard InChI is InChI=1S/C22H25FN4O/c1-17-6-4-11-27-19(15-24-22(17)27)14-21(28)26-10-5-9-25(12-13-26)16-18-7-2-3-8-20(18)23/h2-4,6-8,11,15H,5,9-10,12-14,16H2,1H3. The number of halogens is 1. The number of pyridine rings is 1. The number of imidazole rings is 1. The molecule has 3 aromatic rings. The van der Waals surface area contributed by atoms with Crippen LogP contribution in [0.2, 0.25) is 0 Å². The largest absolute Gasteiger partial charge is 0.341 e. The van der Waals surface area contributed by atoms with Crippen LogP contribution in [0.3, 0.4) is 0 Å². The maximum atomic E-state index is 13.9. The second-order valence-corrected chi connectivity index (χ2v) is 7.41. The molecule has 1 saturated heterocycles. The average Bonchev–Trinajstić information content (AvgIpc) is 2.95. The second kappa shape index (κ2) is 8.10. The summed E-state index contributed by atoms with van der Waals surface area (Å²) in [5, 5.41) is 0. The zero-order valence-corrected chi connectivity index (χ0v) is 16.1. The number of carbonyl (C=O) groups is 1. The molecule has 1 aromatic carbocycles. The lowest BCUT2D eigenvalue weighted by Gasteiger charge is -2.22. The number of benzene rings is 1. The Morgan fingerprint density at radius 1 is 1.11 bits per heavy atom. The van der Waals surface area contributed by atoms with Crippen LogP contribution in [0, 0.1) is 12.7 Å². The first kappa shape index (κ1) is 18.6. The third-order valence-electron chi connectivity index (χ3n) is 5.43. The van der Waals surface area contributed by atoms with Crippen molar-refractivity contribution in [2.45, 2.75) is 26.3 Å². The highest BCUT2D eigenvalue weighted by atomic mass is 19.1. The molecular weight excluding hydrogens is 355 g/mol. The zero-order chi connectivity index (χ0) is 19.5. The van der Waals surface area contributed by atoms with Crippen molar-refractivity contribution in [1.82, 2.24) is 19.2 Å². The summed E-state index contributed by atoms with van der Waals surface area (Å²) in [4.78, 5) is 21.5. The van der Waals surface area contributed by atoms with E-state index in [2.05, 4.69) is 9.88 Å². The minimum absolute atomic E-state index is 0.121. The van der Waals surface area contributed by atoms with Gasteiger partial charge < -0.3 is 9.30 Å². The lowest BCUT2D eigenvalue weighted by atomic mass is 10.2. The molecule has 0 bridgehead atoms. The Hall–Kier alpha value is -2.73. The fourth-order valence-corrected chi connectivity index (χ4v) is 3.85. The molecule has 0 aliphatic carbocycles. The normalized spacial score (nSPS) is 15.7. The molecule has 1 aliphatic rings. The van der Waals surface area contributed by atoms with Crippen LogP contribution in [0.1, 0.15) is 23.2 Å². The van der Waals surface area contributed by atoms with Crippen LogP contribution in [0.4, 0.5) is 4.39 Å². The first-order chi connectivity index (χ1) is 13.6. The maximum absolute atomic E-state index is 13.9. The maximum Gasteiger partial charge on any atom is 0.228 e. The van der Waals surface area contributed by atoms with E-state index >= 15 is 0 Å². The van der Waals surface area contributed by atoms with Crippen molar-refractivity contribution in [2.24, 2.45) is 0 Å². The van der Waals surface area contributed by atoms with Crippen LogP contribution in [-0.2, 0) is 17.8 Å². The molecule has 2 aromatic heterocycles. The van der Waals surface area contributed by atoms with Crippen LogP contribution in [0.15, 0.2) is 48.8 Å². The highest BCUT2D eigenvalue weighted by molar-refractivity contribution is 5.78. The molecule has 0 spiro atoms. The Bertz CT molecular complexity index is 984. The quantitative estimate of drug-likeness (QED) is 0.699. The summed E-state index contributed by atoms with van der Waals surface area (Å²) in [5.41, 5.74) is 3.62. The molecule has 0 unspecified atom stereocenters. The molecule has 0 atom stereocenters. The molecule has 4 rings (SSSR count). The summed E-state index contributed by atoms with van der Waals surface area (Å²) in [6.45, 7) is 5.64. The summed E-state index contributed by atoms with van der Waals surface area (Å²) in [5.74, 6) is -0.0429. The molecule has 3 heterocycles. The molecule has 5 nitrogen and oxygen atoms in total. The van der Waals surface area contributed by atoms with E-state index in [1.54, 1.807) is 12.3 Å². The van der Waals surface area contributed by atoms with Gasteiger partial charge in [-0.05, 0) is 31.0 Å². The van der Waals surface area contributed by atoms with Crippen molar-refractivity contribution >= 4 is 11.6 Å². The van der Waals surface area contributed by atoms with Crippen LogP contribution in [0.5, 0.6) is 0 Å². The van der Waals surface area contributed by atoms with Gasteiger partial charge in [0.25, 0.3) is 0 Å². The number of hydrogen-bond donors (Lipinski definition) is 0. The SMILES string of the molecule is Cc1cccn2c(CC(=O)N3CCCN(Cc4ccccc4F)CC3)cnc12. The molecule has 1 aliphatic heterocycles. The van der Waals surface area contributed by atoms with E-state index in [9.17, 15) is 9.18 Å². The summed E-state index contributed by atoms with van der Waals surface area (Å²) >= 11 is 0. The number of amides is 1. The molecule has 1 amide bonds. The van der Waals surface area contributed by atoms with E-state index in [1.807, 2.05) is 46.7 Å². The smallest absolute Gasteiger partial charge is 0.228 e. The fraction of sp³-hybridized carbons (Fsp3) is 0.364. The third kappa shape index (κ3) is 3.92. The summed E-state index contributed by atoms with van der Waals surface area (Å²) in [6.07, 6.45) is 4.99. The Labute approximate surface area is 164 Å². The minimum atomic E-state index is -0.164. The van der Waals surface area contributed by atoms with E-state index < -0.39 is 0 Å². The number of nitrogens with zero attached hydrogens (tertiary/aromatic N) is 4. The van der Waals surface area contributed by atoms with E-state index in [-0.39, 0.29) is 11.7 Å². The molecular formula is C22H25FN4O. The Balaban J connectivity index is 1.39. The summed E-state index contributed by atoms with van der Waals surface area (Å²) in [7, 11) is 0. The van der Waals surface area contributed by atoms with Gasteiger partial charge in [-0.15, -0.1) is 0 Å². The molecule has 0 radical (unpaired) electrons. The molecule has 28 heavy (non-hydrogen) atoms. The number of aryl methyl sites for hydroxylation is 1. The van der Waals surface area contributed by atoms with Crippen molar-refractivity contribution in [1.29, 1.82) is 0 Å². The highest BCUT2D eigenvalue weighted by Gasteiger charge is 2.21. The van der Waals surface area contributed by atoms with E-state index in [0.29, 0.717) is 25.1 Å². The number of fused-ring (bicyclic) bond motifs is 1. The van der Waals surface area contributed by atoms with Gasteiger partial charge in [0, 0.05) is 50.7 Å². The van der Waals surface area contributed by atoms with Gasteiger partial charge in [0.15, 0.2) is 0 Å². The monoisotopic (exact) mass is 380 g/mol. The number of hydrogen-bond acceptors (Lipinski definition) is 3. The number of rotatable bonds is 4. The summed E-state index contributed by atoms with van der Waals surface area (Å²) in [6, 6.07) is 10.9. The topological polar surface area (TPSA) is 40.9 Å². The Kier molecular flexibility index (Phi) is 5.39. The van der Waals surface area contributed by atoms with Crippen molar-refractivity contribution in [3.63, 3.8) is 0 Å². The van der Waals surface area contributed by atoms with Gasteiger partial charge in [0.1, 0.15) is 11.5 Å². The zero-order valence-electron chi connectivity index (χ0n) is 16.1. The van der Waals surface area contributed by atoms with Gasteiger partial charge in [-0.25, -0.2) is 9.37 Å². The lowest BCUT2D eigenvalue weighted by Crippen LogP contribution is -2.36. The van der Waals surface area contributed by atoms with Crippen LogP contribution in [-0.4, -0.2) is 51.3 Å². The Morgan fingerprint density at radius 2 is 1.96 bits per heavy atom. The second-order valence-electron chi connectivity index (χ2n) is 7.41. The average molecular weight is 380 g/mol. The van der Waals surface area contributed by atoms with Crippen LogP contribution in [0.25, 0.3) is 5.65 Å². The van der Waals surface area contributed by atoms with E-state index in [0.717, 1.165) is 43.0 Å². The van der Waals surface area contributed by atoms with Gasteiger partial charge in [0.05, 0.1) is 12.1 Å². The first-order valence-electron chi connectivity index (χ1n) is 9.77. The van der Waals surface area contributed by atoms with Gasteiger partial charge in [-0.2, -0.15) is 0 Å². The van der Waals surface area contributed by atoms with E-state index in [4.69, 9.17) is 0 Å². The molecule has 0 saturated carbocycles. The third-order valence-corrected chi connectivity index (χ3v) is 5.43. The van der Waals surface area contributed by atoms with Gasteiger partial charge in [0.2, 0.25) is 5.91 Å². The molecule has 0 N–H and O–H groups in total. The predicted molar refractivity (Wildman–Crippen MR) is 107 cm³/mol. The van der Waals surface area contributed by atoms with Crippen LogP contribution < -0.4 is 0 Å². The fourth-order valence-electron chi connectivity index (χ4n) is 3.85. The molecule has 1 fully saturated rings. The van der Waals surface area contributed by atoms with Crippen LogP contribution >= 0.6 is 0 Å². The first-order valence-corrected chi connectivity index (χ1v) is 9.77. The van der Waals surface area contributed by atoms with Crippen molar-refractivity contribution < 1.29 is 9.18 Å². The Morgan fingerprint density at radius 3 is 2.82 bits per heavy atom. The predicted octanol–water partition coefficient (Wildman–Crippen LogP) is 3.06. The van der Waals surface area contributed by atoms with Gasteiger partial charge >= 0.3 is 0 Å². The van der Waals surface area contributed by atoms with Crippen molar-refractivity contribution in [2.75, 3.05) is 26.2 Å². The lowest BCUT2D eigenvalue weighted by molar-refractivity contribution is -0.130. The molecule has 6 heteroatoms. The highest BCUT2D eigenvalue weighted by Crippen LogP contribution is 2.15. The van der Waals surface area contributed by atoms with Crippen molar-refractivity contribution in [3.05, 3.63) is 71.4 Å². The number of aromatic nitrogens is 2. The van der Waals surface area contributed by atoms with E-state index in [1.165, 1.54) is 6.07 Å².